The number of hydrogen-bond acceptors (Lipinski definition) is 3. The van der Waals surface area contributed by atoms with Crippen LogP contribution in [-0.4, -0.2) is 28.8 Å². The second-order valence-electron chi connectivity index (χ2n) is 4.91. The Labute approximate surface area is 98.0 Å². The van der Waals surface area contributed by atoms with Gasteiger partial charge in [0, 0.05) is 17.9 Å². The first-order chi connectivity index (χ1) is 7.17. The number of rotatable bonds is 5. The van der Waals surface area contributed by atoms with Gasteiger partial charge in [-0.3, -0.25) is 0 Å². The lowest BCUT2D eigenvalue weighted by Crippen LogP contribution is -2.38. The SMILES string of the molecule is CCC1CCC(N)C(SCC(C)CO)C1. The number of aliphatic hydroxyl groups is 1. The minimum absolute atomic E-state index is 0.298. The first kappa shape index (κ1) is 13.3. The monoisotopic (exact) mass is 231 g/mol. The van der Waals surface area contributed by atoms with Gasteiger partial charge in [-0.2, -0.15) is 11.8 Å². The van der Waals surface area contributed by atoms with Gasteiger partial charge in [0.1, 0.15) is 0 Å². The number of hydrogen-bond donors (Lipinski definition) is 2. The van der Waals surface area contributed by atoms with Crippen LogP contribution in [0.1, 0.15) is 39.5 Å². The van der Waals surface area contributed by atoms with Crippen molar-refractivity contribution in [1.29, 1.82) is 0 Å². The Hall–Kier alpha value is 0.270. The van der Waals surface area contributed by atoms with Crippen LogP contribution in [0.5, 0.6) is 0 Å². The molecule has 0 aromatic rings. The predicted octanol–water partition coefficient (Wildman–Crippen LogP) is 2.25. The summed E-state index contributed by atoms with van der Waals surface area (Å²) in [7, 11) is 0. The lowest BCUT2D eigenvalue weighted by Gasteiger charge is -2.33. The fourth-order valence-corrected chi connectivity index (χ4v) is 3.61. The molecule has 0 heterocycles. The Morgan fingerprint density at radius 2 is 2.20 bits per heavy atom. The number of aliphatic hydroxyl groups excluding tert-OH is 1. The average Bonchev–Trinajstić information content (AvgIpc) is 2.27. The van der Waals surface area contributed by atoms with Gasteiger partial charge in [-0.05, 0) is 36.9 Å². The van der Waals surface area contributed by atoms with E-state index in [2.05, 4.69) is 13.8 Å². The summed E-state index contributed by atoms with van der Waals surface area (Å²) in [6.45, 7) is 4.67. The molecule has 3 N–H and O–H groups in total. The molecule has 0 amide bonds. The molecule has 1 fully saturated rings. The Morgan fingerprint density at radius 1 is 1.47 bits per heavy atom. The summed E-state index contributed by atoms with van der Waals surface area (Å²) in [5.74, 6) is 2.33. The second kappa shape index (κ2) is 6.77. The topological polar surface area (TPSA) is 46.2 Å². The fourth-order valence-electron chi connectivity index (χ4n) is 2.14. The summed E-state index contributed by atoms with van der Waals surface area (Å²) in [5, 5.41) is 9.61. The zero-order valence-corrected chi connectivity index (χ0v) is 10.8. The fraction of sp³-hybridized carbons (Fsp3) is 1.00. The molecule has 0 saturated heterocycles. The van der Waals surface area contributed by atoms with Crippen LogP contribution in [-0.2, 0) is 0 Å². The van der Waals surface area contributed by atoms with E-state index in [0.29, 0.717) is 23.8 Å². The molecule has 0 aromatic heterocycles. The molecule has 0 radical (unpaired) electrons. The molecule has 0 bridgehead atoms. The van der Waals surface area contributed by atoms with Crippen molar-refractivity contribution in [2.45, 2.75) is 50.8 Å². The summed E-state index contributed by atoms with van der Waals surface area (Å²) < 4.78 is 0. The van der Waals surface area contributed by atoms with Crippen LogP contribution >= 0.6 is 11.8 Å². The van der Waals surface area contributed by atoms with Crippen molar-refractivity contribution in [1.82, 2.24) is 0 Å². The summed E-state index contributed by atoms with van der Waals surface area (Å²) in [6, 6.07) is 0.378. The van der Waals surface area contributed by atoms with Crippen molar-refractivity contribution in [2.24, 2.45) is 17.6 Å². The van der Waals surface area contributed by atoms with Gasteiger partial charge in [-0.15, -0.1) is 0 Å². The van der Waals surface area contributed by atoms with E-state index in [4.69, 9.17) is 10.8 Å². The summed E-state index contributed by atoms with van der Waals surface area (Å²) in [6.07, 6.45) is 5.06. The highest BCUT2D eigenvalue weighted by molar-refractivity contribution is 7.99. The van der Waals surface area contributed by atoms with Crippen LogP contribution in [0.3, 0.4) is 0 Å². The van der Waals surface area contributed by atoms with Gasteiger partial charge in [0.15, 0.2) is 0 Å². The van der Waals surface area contributed by atoms with Gasteiger partial charge >= 0.3 is 0 Å². The van der Waals surface area contributed by atoms with Crippen LogP contribution in [0, 0.1) is 11.8 Å². The minimum atomic E-state index is 0.298. The van der Waals surface area contributed by atoms with E-state index in [9.17, 15) is 0 Å². The lowest BCUT2D eigenvalue weighted by molar-refractivity contribution is 0.250. The molecule has 0 aliphatic heterocycles. The maximum absolute atomic E-state index is 8.98. The molecular formula is C12H25NOS. The van der Waals surface area contributed by atoms with Gasteiger partial charge in [-0.1, -0.05) is 20.3 Å². The van der Waals surface area contributed by atoms with Crippen molar-refractivity contribution in [3.63, 3.8) is 0 Å². The smallest absolute Gasteiger partial charge is 0.0464 e. The summed E-state index contributed by atoms with van der Waals surface area (Å²) in [5.41, 5.74) is 6.14. The van der Waals surface area contributed by atoms with Crippen LogP contribution in [0.4, 0.5) is 0 Å². The van der Waals surface area contributed by atoms with Crippen molar-refractivity contribution in [3.05, 3.63) is 0 Å². The van der Waals surface area contributed by atoms with Crippen molar-refractivity contribution >= 4 is 11.8 Å². The number of thioether (sulfide) groups is 1. The minimum Gasteiger partial charge on any atom is -0.396 e. The van der Waals surface area contributed by atoms with E-state index in [1.54, 1.807) is 0 Å². The van der Waals surface area contributed by atoms with Gasteiger partial charge < -0.3 is 10.8 Å². The third-order valence-electron chi connectivity index (χ3n) is 3.44. The Kier molecular flexibility index (Phi) is 6.02. The van der Waals surface area contributed by atoms with E-state index < -0.39 is 0 Å². The molecule has 3 heteroatoms. The second-order valence-corrected chi connectivity index (χ2v) is 6.18. The highest BCUT2D eigenvalue weighted by Crippen LogP contribution is 2.33. The average molecular weight is 231 g/mol. The third kappa shape index (κ3) is 4.33. The van der Waals surface area contributed by atoms with Crippen molar-refractivity contribution in [2.75, 3.05) is 12.4 Å². The van der Waals surface area contributed by atoms with E-state index in [0.717, 1.165) is 11.7 Å². The maximum atomic E-state index is 8.98. The molecule has 2 nitrogen and oxygen atoms in total. The molecule has 90 valence electrons. The largest absolute Gasteiger partial charge is 0.396 e. The van der Waals surface area contributed by atoms with Gasteiger partial charge in [0.25, 0.3) is 0 Å². The van der Waals surface area contributed by atoms with E-state index in [-0.39, 0.29) is 0 Å². The molecule has 1 rings (SSSR count). The van der Waals surface area contributed by atoms with E-state index >= 15 is 0 Å². The van der Waals surface area contributed by atoms with Gasteiger partial charge in [-0.25, -0.2) is 0 Å². The highest BCUT2D eigenvalue weighted by atomic mass is 32.2. The molecule has 4 unspecified atom stereocenters. The summed E-state index contributed by atoms with van der Waals surface area (Å²) >= 11 is 1.97. The normalized spacial score (nSPS) is 34.0. The van der Waals surface area contributed by atoms with E-state index in [1.165, 1.54) is 25.7 Å². The zero-order valence-electron chi connectivity index (χ0n) is 9.98. The molecule has 4 atom stereocenters. The summed E-state index contributed by atoms with van der Waals surface area (Å²) in [4.78, 5) is 0. The molecular weight excluding hydrogens is 206 g/mol. The Balaban J connectivity index is 2.31. The van der Waals surface area contributed by atoms with Crippen LogP contribution in [0.15, 0.2) is 0 Å². The van der Waals surface area contributed by atoms with Crippen LogP contribution in [0.25, 0.3) is 0 Å². The quantitative estimate of drug-likeness (QED) is 0.763. The van der Waals surface area contributed by atoms with Crippen LogP contribution in [0.2, 0.25) is 0 Å². The molecule has 15 heavy (non-hydrogen) atoms. The molecule has 0 spiro atoms. The predicted molar refractivity (Wildman–Crippen MR) is 68.1 cm³/mol. The molecule has 1 aliphatic carbocycles. The van der Waals surface area contributed by atoms with Gasteiger partial charge in [0.05, 0.1) is 0 Å². The highest BCUT2D eigenvalue weighted by Gasteiger charge is 2.27. The van der Waals surface area contributed by atoms with Crippen molar-refractivity contribution < 1.29 is 5.11 Å². The molecule has 0 aromatic carbocycles. The lowest BCUT2D eigenvalue weighted by atomic mass is 9.84. The third-order valence-corrected chi connectivity index (χ3v) is 5.17. The first-order valence-electron chi connectivity index (χ1n) is 6.15. The van der Waals surface area contributed by atoms with E-state index in [1.807, 2.05) is 11.8 Å². The Morgan fingerprint density at radius 3 is 2.80 bits per heavy atom. The Bertz CT molecular complexity index is 177. The zero-order chi connectivity index (χ0) is 11.3. The molecule has 1 aliphatic rings. The first-order valence-corrected chi connectivity index (χ1v) is 7.20. The van der Waals surface area contributed by atoms with Crippen LogP contribution < -0.4 is 5.73 Å². The molecule has 1 saturated carbocycles. The number of nitrogens with two attached hydrogens (primary N) is 1. The maximum Gasteiger partial charge on any atom is 0.0464 e. The van der Waals surface area contributed by atoms with Gasteiger partial charge in [0.2, 0.25) is 0 Å². The standard InChI is InChI=1S/C12H25NOS/c1-3-10-4-5-11(13)12(6-10)15-8-9(2)7-14/h9-12,14H,3-8,13H2,1-2H3. The van der Waals surface area contributed by atoms with Crippen molar-refractivity contribution in [3.8, 4) is 0 Å².